The Hall–Kier alpha value is -0.520. The maximum absolute atomic E-state index is 11.5. The van der Waals surface area contributed by atoms with Crippen molar-refractivity contribution in [2.24, 2.45) is 0 Å². The average Bonchev–Trinajstić information content (AvgIpc) is 2.24. The van der Waals surface area contributed by atoms with Crippen LogP contribution in [0.15, 0.2) is 34.1 Å². The molecule has 0 aliphatic rings. The maximum Gasteiger partial charge on any atom is 0.176 e. The Morgan fingerprint density at radius 2 is 2.00 bits per heavy atom. The van der Waals surface area contributed by atoms with Crippen LogP contribution in [0.3, 0.4) is 0 Å². The van der Waals surface area contributed by atoms with E-state index in [-0.39, 0.29) is 0 Å². The molecule has 0 unspecified atom stereocenters. The third-order valence-electron chi connectivity index (χ3n) is 1.94. The number of benzene rings is 1. The van der Waals surface area contributed by atoms with Gasteiger partial charge >= 0.3 is 0 Å². The van der Waals surface area contributed by atoms with Gasteiger partial charge in [0.2, 0.25) is 0 Å². The van der Waals surface area contributed by atoms with Gasteiger partial charge in [0, 0.05) is 23.5 Å². The molecular formula is C11H16O3S2. The Bertz CT molecular complexity index is 427. The lowest BCUT2D eigenvalue weighted by atomic mass is 10.4. The van der Waals surface area contributed by atoms with Gasteiger partial charge in [0.1, 0.15) is 0 Å². The summed E-state index contributed by atoms with van der Waals surface area (Å²) in [5, 5.41) is 0. The summed E-state index contributed by atoms with van der Waals surface area (Å²) < 4.78 is 28.2. The van der Waals surface area contributed by atoms with E-state index < -0.39 is 9.84 Å². The first-order valence-corrected chi connectivity index (χ1v) is 7.93. The van der Waals surface area contributed by atoms with Crippen molar-refractivity contribution in [3.05, 3.63) is 24.3 Å². The molecule has 0 aliphatic carbocycles. The molecule has 3 nitrogen and oxygen atoms in total. The molecule has 0 spiro atoms. The van der Waals surface area contributed by atoms with Crippen LogP contribution in [0, 0.1) is 0 Å². The first-order chi connectivity index (χ1) is 7.55. The van der Waals surface area contributed by atoms with Gasteiger partial charge in [0.25, 0.3) is 0 Å². The van der Waals surface area contributed by atoms with Gasteiger partial charge in [0.15, 0.2) is 9.84 Å². The van der Waals surface area contributed by atoms with E-state index in [1.807, 2.05) is 19.1 Å². The molecule has 0 N–H and O–H groups in total. The molecule has 1 aromatic carbocycles. The second-order valence-electron chi connectivity index (χ2n) is 3.26. The molecule has 16 heavy (non-hydrogen) atoms. The van der Waals surface area contributed by atoms with Crippen molar-refractivity contribution in [2.45, 2.75) is 16.7 Å². The lowest BCUT2D eigenvalue weighted by molar-refractivity contribution is 0.164. The smallest absolute Gasteiger partial charge is 0.176 e. The highest BCUT2D eigenvalue weighted by Crippen LogP contribution is 2.25. The third-order valence-corrected chi connectivity index (χ3v) is 4.26. The summed E-state index contributed by atoms with van der Waals surface area (Å²) in [4.78, 5) is 1.20. The summed E-state index contributed by atoms with van der Waals surface area (Å²) in [6.45, 7) is 3.27. The first kappa shape index (κ1) is 13.5. The van der Waals surface area contributed by atoms with E-state index in [0.29, 0.717) is 18.1 Å². The van der Waals surface area contributed by atoms with Crippen molar-refractivity contribution in [3.63, 3.8) is 0 Å². The van der Waals surface area contributed by atoms with Crippen molar-refractivity contribution in [1.29, 1.82) is 0 Å². The molecule has 1 rings (SSSR count). The standard InChI is InChI=1S/C11H16O3S2/c1-3-14-8-9-15-10-6-4-5-7-11(10)16(2,12)13/h4-7H,3,8-9H2,1-2H3. The van der Waals surface area contributed by atoms with Crippen LogP contribution in [0.25, 0.3) is 0 Å². The number of thioether (sulfide) groups is 1. The van der Waals surface area contributed by atoms with E-state index in [0.717, 1.165) is 10.6 Å². The van der Waals surface area contributed by atoms with Crippen LogP contribution in [-0.4, -0.2) is 33.6 Å². The topological polar surface area (TPSA) is 43.4 Å². The van der Waals surface area contributed by atoms with Gasteiger partial charge in [0.05, 0.1) is 11.5 Å². The maximum atomic E-state index is 11.5. The van der Waals surface area contributed by atoms with E-state index in [4.69, 9.17) is 4.74 Å². The Labute approximate surface area is 101 Å². The molecule has 0 heterocycles. The molecule has 0 radical (unpaired) electrons. The van der Waals surface area contributed by atoms with Crippen LogP contribution < -0.4 is 0 Å². The van der Waals surface area contributed by atoms with E-state index in [2.05, 4.69) is 0 Å². The zero-order valence-corrected chi connectivity index (χ0v) is 11.1. The lowest BCUT2D eigenvalue weighted by Gasteiger charge is -2.07. The van der Waals surface area contributed by atoms with Gasteiger partial charge in [-0.1, -0.05) is 12.1 Å². The quantitative estimate of drug-likeness (QED) is 0.581. The molecule has 0 saturated carbocycles. The van der Waals surface area contributed by atoms with E-state index in [9.17, 15) is 8.42 Å². The minimum atomic E-state index is -3.14. The van der Waals surface area contributed by atoms with Crippen LogP contribution in [0.4, 0.5) is 0 Å². The highest BCUT2D eigenvalue weighted by atomic mass is 32.2. The summed E-state index contributed by atoms with van der Waals surface area (Å²) >= 11 is 1.51. The van der Waals surface area contributed by atoms with Gasteiger partial charge in [-0.25, -0.2) is 8.42 Å². The monoisotopic (exact) mass is 260 g/mol. The predicted octanol–water partition coefficient (Wildman–Crippen LogP) is 2.22. The van der Waals surface area contributed by atoms with Crippen molar-refractivity contribution < 1.29 is 13.2 Å². The average molecular weight is 260 g/mol. The van der Waals surface area contributed by atoms with Crippen molar-refractivity contribution in [1.82, 2.24) is 0 Å². The normalized spacial score (nSPS) is 11.6. The van der Waals surface area contributed by atoms with Crippen LogP contribution in [0.1, 0.15) is 6.92 Å². The molecule has 0 aliphatic heterocycles. The summed E-state index contributed by atoms with van der Waals surface area (Å²) in [6.07, 6.45) is 1.23. The van der Waals surface area contributed by atoms with Gasteiger partial charge in [-0.15, -0.1) is 11.8 Å². The Kier molecular flexibility index (Phi) is 5.31. The van der Waals surface area contributed by atoms with E-state index >= 15 is 0 Å². The fraction of sp³-hybridized carbons (Fsp3) is 0.455. The highest BCUT2D eigenvalue weighted by Gasteiger charge is 2.12. The fourth-order valence-corrected chi connectivity index (χ4v) is 3.43. The van der Waals surface area contributed by atoms with Crippen LogP contribution in [0.2, 0.25) is 0 Å². The van der Waals surface area contributed by atoms with Crippen molar-refractivity contribution in [3.8, 4) is 0 Å². The van der Waals surface area contributed by atoms with Gasteiger partial charge in [-0.3, -0.25) is 0 Å². The van der Waals surface area contributed by atoms with Crippen LogP contribution in [-0.2, 0) is 14.6 Å². The van der Waals surface area contributed by atoms with Gasteiger partial charge in [-0.2, -0.15) is 0 Å². The van der Waals surface area contributed by atoms with E-state index in [1.165, 1.54) is 18.0 Å². The molecule has 1 aromatic rings. The Balaban J connectivity index is 2.73. The molecule has 0 amide bonds. The zero-order chi connectivity index (χ0) is 12.0. The van der Waals surface area contributed by atoms with Gasteiger partial charge < -0.3 is 4.74 Å². The largest absolute Gasteiger partial charge is 0.381 e. The first-order valence-electron chi connectivity index (χ1n) is 5.05. The van der Waals surface area contributed by atoms with E-state index in [1.54, 1.807) is 12.1 Å². The number of hydrogen-bond donors (Lipinski definition) is 0. The zero-order valence-electron chi connectivity index (χ0n) is 9.47. The third kappa shape index (κ3) is 4.15. The predicted molar refractivity (Wildman–Crippen MR) is 66.8 cm³/mol. The number of hydrogen-bond acceptors (Lipinski definition) is 4. The van der Waals surface area contributed by atoms with Crippen molar-refractivity contribution in [2.75, 3.05) is 25.2 Å². The lowest BCUT2D eigenvalue weighted by Crippen LogP contribution is -2.01. The van der Waals surface area contributed by atoms with Crippen molar-refractivity contribution >= 4 is 21.6 Å². The molecule has 0 bridgehead atoms. The second-order valence-corrected chi connectivity index (χ2v) is 6.39. The molecule has 0 fully saturated rings. The summed E-state index contributed by atoms with van der Waals surface area (Å²) in [5.74, 6) is 0.764. The SMILES string of the molecule is CCOCCSc1ccccc1S(C)(=O)=O. The number of ether oxygens (including phenoxy) is 1. The fourth-order valence-electron chi connectivity index (χ4n) is 1.23. The molecule has 90 valence electrons. The summed E-state index contributed by atoms with van der Waals surface area (Å²) in [5.41, 5.74) is 0. The second kappa shape index (κ2) is 6.27. The number of rotatable bonds is 6. The molecule has 0 saturated heterocycles. The number of sulfone groups is 1. The minimum Gasteiger partial charge on any atom is -0.381 e. The van der Waals surface area contributed by atoms with Crippen LogP contribution >= 0.6 is 11.8 Å². The molecule has 0 aromatic heterocycles. The summed E-state index contributed by atoms with van der Waals surface area (Å²) in [7, 11) is -3.14. The minimum absolute atomic E-state index is 0.400. The highest BCUT2D eigenvalue weighted by molar-refractivity contribution is 8.00. The molecule has 0 atom stereocenters. The Morgan fingerprint density at radius 1 is 1.31 bits per heavy atom. The molecule has 5 heteroatoms. The summed E-state index contributed by atoms with van der Waals surface area (Å²) in [6, 6.07) is 7.05. The van der Waals surface area contributed by atoms with Gasteiger partial charge in [-0.05, 0) is 19.1 Å². The van der Waals surface area contributed by atoms with Crippen LogP contribution in [0.5, 0.6) is 0 Å². The Morgan fingerprint density at radius 3 is 2.62 bits per heavy atom. The molecular weight excluding hydrogens is 244 g/mol.